The predicted octanol–water partition coefficient (Wildman–Crippen LogP) is 5.49. The largest absolute Gasteiger partial charge is 0.496 e. The van der Waals surface area contributed by atoms with Crippen molar-refractivity contribution >= 4 is 17.2 Å². The number of piperidine rings is 1. The van der Waals surface area contributed by atoms with Crippen LogP contribution in [-0.2, 0) is 13.0 Å². The molecule has 2 heterocycles. The lowest BCUT2D eigenvalue weighted by atomic mass is 9.84. The van der Waals surface area contributed by atoms with E-state index in [1.54, 1.807) is 13.2 Å². The summed E-state index contributed by atoms with van der Waals surface area (Å²) in [6.07, 6.45) is 2.46. The van der Waals surface area contributed by atoms with Gasteiger partial charge in [0.05, 0.1) is 12.0 Å². The SMILES string of the molecule is COc1ccccc1CN1CCC([C@H](Cc2ccccc2F)N(C)C(=O)c2cccs2)CC1. The quantitative estimate of drug-likeness (QED) is 0.440. The summed E-state index contributed by atoms with van der Waals surface area (Å²) in [5.41, 5.74) is 1.86. The Kier molecular flexibility index (Phi) is 7.78. The number of carbonyl (C=O) groups excluding carboxylic acids is 1. The Morgan fingerprint density at radius 1 is 1.09 bits per heavy atom. The molecule has 0 unspecified atom stereocenters. The molecule has 0 radical (unpaired) electrons. The average Bonchev–Trinajstić information content (AvgIpc) is 3.39. The first kappa shape index (κ1) is 23.5. The van der Waals surface area contributed by atoms with Crippen LogP contribution in [0.15, 0.2) is 66.0 Å². The molecule has 174 valence electrons. The number of likely N-dealkylation sites (tertiary alicyclic amines) is 1. The van der Waals surface area contributed by atoms with Gasteiger partial charge in [0.2, 0.25) is 0 Å². The first-order chi connectivity index (χ1) is 16.1. The third-order valence-electron chi connectivity index (χ3n) is 6.70. The Hall–Kier alpha value is -2.70. The summed E-state index contributed by atoms with van der Waals surface area (Å²) in [6.45, 7) is 2.73. The maximum absolute atomic E-state index is 14.5. The highest BCUT2D eigenvalue weighted by Crippen LogP contribution is 2.30. The molecule has 1 atom stereocenters. The normalized spacial score (nSPS) is 15.8. The maximum Gasteiger partial charge on any atom is 0.263 e. The highest BCUT2D eigenvalue weighted by molar-refractivity contribution is 7.12. The molecule has 0 bridgehead atoms. The summed E-state index contributed by atoms with van der Waals surface area (Å²) in [4.78, 5) is 18.2. The summed E-state index contributed by atoms with van der Waals surface area (Å²) < 4.78 is 20.0. The molecule has 6 heteroatoms. The number of nitrogens with zero attached hydrogens (tertiary/aromatic N) is 2. The molecule has 1 fully saturated rings. The molecular weight excluding hydrogens is 435 g/mol. The molecule has 1 aliphatic rings. The summed E-state index contributed by atoms with van der Waals surface area (Å²) in [5.74, 6) is 1.04. The highest BCUT2D eigenvalue weighted by atomic mass is 32.1. The summed E-state index contributed by atoms with van der Waals surface area (Å²) in [5, 5.41) is 1.92. The van der Waals surface area contributed by atoms with E-state index in [9.17, 15) is 9.18 Å². The number of amides is 1. The molecule has 0 spiro atoms. The Morgan fingerprint density at radius 2 is 1.79 bits per heavy atom. The average molecular weight is 467 g/mol. The van der Waals surface area contributed by atoms with Gasteiger partial charge in [-0.3, -0.25) is 9.69 Å². The number of halogens is 1. The second-order valence-corrected chi connectivity index (χ2v) is 9.63. The Morgan fingerprint density at radius 3 is 2.45 bits per heavy atom. The van der Waals surface area contributed by atoms with E-state index in [2.05, 4.69) is 11.0 Å². The molecule has 4 rings (SSSR count). The molecule has 33 heavy (non-hydrogen) atoms. The fraction of sp³-hybridized carbons (Fsp3) is 0.370. The van der Waals surface area contributed by atoms with Crippen LogP contribution in [0.3, 0.4) is 0 Å². The topological polar surface area (TPSA) is 32.8 Å². The van der Waals surface area contributed by atoms with E-state index >= 15 is 0 Å². The Balaban J connectivity index is 1.48. The summed E-state index contributed by atoms with van der Waals surface area (Å²) in [7, 11) is 3.58. The van der Waals surface area contributed by atoms with E-state index in [0.29, 0.717) is 17.9 Å². The third-order valence-corrected chi connectivity index (χ3v) is 7.56. The van der Waals surface area contributed by atoms with Gasteiger partial charge >= 0.3 is 0 Å². The van der Waals surface area contributed by atoms with Gasteiger partial charge in [-0.2, -0.15) is 0 Å². The Labute approximate surface area is 199 Å². The molecular formula is C27H31FN2O2S. The number of para-hydroxylation sites is 1. The van der Waals surface area contributed by atoms with E-state index in [4.69, 9.17) is 4.74 Å². The van der Waals surface area contributed by atoms with Crippen LogP contribution in [0.2, 0.25) is 0 Å². The molecule has 0 saturated carbocycles. The molecule has 0 aliphatic carbocycles. The van der Waals surface area contributed by atoms with Crippen LogP contribution in [0, 0.1) is 11.7 Å². The third kappa shape index (κ3) is 5.63. The van der Waals surface area contributed by atoms with Crippen molar-refractivity contribution < 1.29 is 13.9 Å². The predicted molar refractivity (Wildman–Crippen MR) is 131 cm³/mol. The first-order valence-electron chi connectivity index (χ1n) is 11.4. The smallest absolute Gasteiger partial charge is 0.263 e. The van der Waals surface area contributed by atoms with Gasteiger partial charge < -0.3 is 9.64 Å². The molecule has 2 aromatic carbocycles. The number of hydrogen-bond donors (Lipinski definition) is 0. The Bertz CT molecular complexity index is 1050. The second kappa shape index (κ2) is 10.9. The lowest BCUT2D eigenvalue weighted by Gasteiger charge is -2.40. The molecule has 3 aromatic rings. The zero-order chi connectivity index (χ0) is 23.2. The van der Waals surface area contributed by atoms with Gasteiger partial charge in [0, 0.05) is 25.2 Å². The van der Waals surface area contributed by atoms with Crippen LogP contribution in [-0.4, -0.2) is 49.0 Å². The molecule has 0 N–H and O–H groups in total. The van der Waals surface area contributed by atoms with Crippen LogP contribution < -0.4 is 4.74 Å². The van der Waals surface area contributed by atoms with Crippen LogP contribution in [0.1, 0.15) is 33.6 Å². The number of methoxy groups -OCH3 is 1. The zero-order valence-electron chi connectivity index (χ0n) is 19.2. The van der Waals surface area contributed by atoms with Crippen molar-refractivity contribution in [2.45, 2.75) is 31.8 Å². The van der Waals surface area contributed by atoms with Gasteiger partial charge in [-0.1, -0.05) is 42.5 Å². The minimum Gasteiger partial charge on any atom is -0.496 e. The second-order valence-electron chi connectivity index (χ2n) is 8.68. The molecule has 1 amide bonds. The number of benzene rings is 2. The minimum absolute atomic E-state index is 0.0165. The lowest BCUT2D eigenvalue weighted by molar-refractivity contribution is 0.0587. The number of thiophene rings is 1. The van der Waals surface area contributed by atoms with Crippen molar-refractivity contribution in [1.29, 1.82) is 0 Å². The fourth-order valence-electron chi connectivity index (χ4n) is 4.80. The van der Waals surface area contributed by atoms with E-state index in [1.807, 2.05) is 59.8 Å². The van der Waals surface area contributed by atoms with Crippen molar-refractivity contribution in [1.82, 2.24) is 9.80 Å². The number of likely N-dealkylation sites (N-methyl/N-ethyl adjacent to an activating group) is 1. The number of ether oxygens (including phenoxy) is 1. The molecule has 1 saturated heterocycles. The van der Waals surface area contributed by atoms with Gasteiger partial charge in [0.1, 0.15) is 11.6 Å². The van der Waals surface area contributed by atoms with Gasteiger partial charge in [0.15, 0.2) is 0 Å². The lowest BCUT2D eigenvalue weighted by Crippen LogP contribution is -2.47. The van der Waals surface area contributed by atoms with Crippen molar-refractivity contribution in [2.24, 2.45) is 5.92 Å². The highest BCUT2D eigenvalue weighted by Gasteiger charge is 2.33. The zero-order valence-corrected chi connectivity index (χ0v) is 20.1. The van der Waals surface area contributed by atoms with Crippen LogP contribution in [0.5, 0.6) is 5.75 Å². The van der Waals surface area contributed by atoms with E-state index in [1.165, 1.54) is 23.0 Å². The summed E-state index contributed by atoms with van der Waals surface area (Å²) >= 11 is 1.45. The van der Waals surface area contributed by atoms with E-state index in [-0.39, 0.29) is 17.8 Å². The first-order valence-corrected chi connectivity index (χ1v) is 12.3. The van der Waals surface area contributed by atoms with Gasteiger partial charge in [-0.25, -0.2) is 4.39 Å². The van der Waals surface area contributed by atoms with Gasteiger partial charge in [-0.05, 0) is 67.4 Å². The summed E-state index contributed by atoms with van der Waals surface area (Å²) in [6, 6.07) is 18.8. The van der Waals surface area contributed by atoms with Crippen LogP contribution >= 0.6 is 11.3 Å². The standard InChI is InChI=1S/C27H31FN2O2S/c1-29(27(31)26-12-7-17-33-26)24(18-21-8-3-5-10-23(21)28)20-13-15-30(16-14-20)19-22-9-4-6-11-25(22)32-2/h3-12,17,20,24H,13-16,18-19H2,1-2H3/t24-/m0/s1. The number of carbonyl (C=O) groups is 1. The van der Waals surface area contributed by atoms with Crippen molar-refractivity contribution in [3.05, 3.63) is 87.9 Å². The van der Waals surface area contributed by atoms with E-state index < -0.39 is 0 Å². The van der Waals surface area contributed by atoms with Crippen molar-refractivity contribution in [3.8, 4) is 5.75 Å². The number of rotatable bonds is 8. The van der Waals surface area contributed by atoms with Gasteiger partial charge in [-0.15, -0.1) is 11.3 Å². The molecule has 1 aromatic heterocycles. The van der Waals surface area contributed by atoms with Gasteiger partial charge in [0.25, 0.3) is 5.91 Å². The fourth-order valence-corrected chi connectivity index (χ4v) is 5.51. The number of hydrogen-bond acceptors (Lipinski definition) is 4. The maximum atomic E-state index is 14.5. The minimum atomic E-state index is -0.201. The van der Waals surface area contributed by atoms with Crippen LogP contribution in [0.25, 0.3) is 0 Å². The monoisotopic (exact) mass is 466 g/mol. The van der Waals surface area contributed by atoms with Crippen molar-refractivity contribution in [3.63, 3.8) is 0 Å². The molecule has 1 aliphatic heterocycles. The van der Waals surface area contributed by atoms with E-state index in [0.717, 1.165) is 43.1 Å². The van der Waals surface area contributed by atoms with Crippen molar-refractivity contribution in [2.75, 3.05) is 27.2 Å². The molecule has 4 nitrogen and oxygen atoms in total. The van der Waals surface area contributed by atoms with Crippen LogP contribution in [0.4, 0.5) is 4.39 Å².